The molecule has 18 heavy (non-hydrogen) atoms. The molecule has 0 amide bonds. The summed E-state index contributed by atoms with van der Waals surface area (Å²) in [4.78, 5) is 4.24. The lowest BCUT2D eigenvalue weighted by molar-refractivity contribution is 0.462. The number of nitrogens with zero attached hydrogens (tertiary/aromatic N) is 1. The fourth-order valence-electron chi connectivity index (χ4n) is 1.46. The predicted molar refractivity (Wildman–Crippen MR) is 74.9 cm³/mol. The molecule has 0 atom stereocenters. The highest BCUT2D eigenvalue weighted by Gasteiger charge is 2.05. The van der Waals surface area contributed by atoms with Crippen molar-refractivity contribution in [3.63, 3.8) is 0 Å². The van der Waals surface area contributed by atoms with Crippen LogP contribution in [0.2, 0.25) is 10.0 Å². The molecule has 0 fully saturated rings. The van der Waals surface area contributed by atoms with Crippen molar-refractivity contribution in [2.75, 3.05) is 0 Å². The van der Waals surface area contributed by atoms with Crippen LogP contribution >= 0.6 is 23.2 Å². The fourth-order valence-corrected chi connectivity index (χ4v) is 1.91. The molecule has 0 saturated heterocycles. The van der Waals surface area contributed by atoms with Crippen molar-refractivity contribution in [1.29, 1.82) is 0 Å². The molecule has 0 spiro atoms. The van der Waals surface area contributed by atoms with E-state index in [4.69, 9.17) is 27.9 Å². The van der Waals surface area contributed by atoms with Crippen LogP contribution in [-0.2, 0) is 0 Å². The Morgan fingerprint density at radius 2 is 1.89 bits per heavy atom. The van der Waals surface area contributed by atoms with Gasteiger partial charge in [0.2, 0.25) is 5.88 Å². The Morgan fingerprint density at radius 1 is 1.11 bits per heavy atom. The van der Waals surface area contributed by atoms with E-state index in [1.165, 1.54) is 5.56 Å². The first-order valence-corrected chi connectivity index (χ1v) is 6.40. The zero-order chi connectivity index (χ0) is 13.1. The molecule has 1 heterocycles. The quantitative estimate of drug-likeness (QED) is 0.761. The lowest BCUT2D eigenvalue weighted by Gasteiger charge is -2.08. The molecular weight excluding hydrogens is 269 g/mol. The van der Waals surface area contributed by atoms with Crippen molar-refractivity contribution in [2.24, 2.45) is 0 Å². The standard InChI is InChI=1S/C14H13Cl2NO/c1-9(2)10-3-6-14(17-8-10)18-13-5-4-11(15)7-12(13)16/h3-9H,1-2H3. The summed E-state index contributed by atoms with van der Waals surface area (Å²) in [7, 11) is 0. The Bertz CT molecular complexity index is 538. The highest BCUT2D eigenvalue weighted by atomic mass is 35.5. The van der Waals surface area contributed by atoms with E-state index in [0.717, 1.165) is 0 Å². The van der Waals surface area contributed by atoms with E-state index in [0.29, 0.717) is 27.6 Å². The lowest BCUT2D eigenvalue weighted by Crippen LogP contribution is -1.92. The molecule has 1 aromatic heterocycles. The van der Waals surface area contributed by atoms with Gasteiger partial charge in [-0.05, 0) is 29.7 Å². The molecule has 0 aliphatic carbocycles. The third kappa shape index (κ3) is 3.15. The molecule has 2 nitrogen and oxygen atoms in total. The van der Waals surface area contributed by atoms with Crippen LogP contribution in [0.1, 0.15) is 25.3 Å². The molecule has 0 aliphatic heterocycles. The van der Waals surface area contributed by atoms with E-state index in [1.54, 1.807) is 18.2 Å². The number of aromatic nitrogens is 1. The minimum Gasteiger partial charge on any atom is -0.437 e. The van der Waals surface area contributed by atoms with Crippen LogP contribution in [0.25, 0.3) is 0 Å². The van der Waals surface area contributed by atoms with E-state index in [9.17, 15) is 0 Å². The summed E-state index contributed by atoms with van der Waals surface area (Å²) < 4.78 is 5.60. The van der Waals surface area contributed by atoms with Gasteiger partial charge in [-0.1, -0.05) is 43.1 Å². The molecule has 0 radical (unpaired) electrons. The Morgan fingerprint density at radius 3 is 2.44 bits per heavy atom. The van der Waals surface area contributed by atoms with Gasteiger partial charge in [0.15, 0.2) is 0 Å². The Labute approximate surface area is 117 Å². The summed E-state index contributed by atoms with van der Waals surface area (Å²) >= 11 is 11.8. The van der Waals surface area contributed by atoms with Gasteiger partial charge in [-0.15, -0.1) is 0 Å². The topological polar surface area (TPSA) is 22.1 Å². The number of benzene rings is 1. The van der Waals surface area contributed by atoms with Crippen molar-refractivity contribution in [2.45, 2.75) is 19.8 Å². The van der Waals surface area contributed by atoms with Gasteiger partial charge in [0.25, 0.3) is 0 Å². The maximum atomic E-state index is 6.02. The summed E-state index contributed by atoms with van der Waals surface area (Å²) in [6, 6.07) is 8.92. The summed E-state index contributed by atoms with van der Waals surface area (Å²) in [5.41, 5.74) is 1.17. The zero-order valence-corrected chi connectivity index (χ0v) is 11.7. The molecule has 94 valence electrons. The lowest BCUT2D eigenvalue weighted by atomic mass is 10.1. The van der Waals surface area contributed by atoms with Gasteiger partial charge in [-0.2, -0.15) is 0 Å². The third-order valence-corrected chi connectivity index (χ3v) is 3.06. The number of hydrogen-bond donors (Lipinski definition) is 0. The Hall–Kier alpha value is -1.25. The van der Waals surface area contributed by atoms with Crippen molar-refractivity contribution >= 4 is 23.2 Å². The molecule has 0 N–H and O–H groups in total. The van der Waals surface area contributed by atoms with Crippen LogP contribution in [0.4, 0.5) is 0 Å². The van der Waals surface area contributed by atoms with Crippen molar-refractivity contribution in [1.82, 2.24) is 4.98 Å². The highest BCUT2D eigenvalue weighted by Crippen LogP contribution is 2.31. The molecule has 0 saturated carbocycles. The minimum atomic E-state index is 0.450. The highest BCUT2D eigenvalue weighted by molar-refractivity contribution is 6.35. The first kappa shape index (κ1) is 13.2. The second-order valence-electron chi connectivity index (χ2n) is 4.26. The van der Waals surface area contributed by atoms with Crippen LogP contribution in [-0.4, -0.2) is 4.98 Å². The number of pyridine rings is 1. The van der Waals surface area contributed by atoms with Gasteiger partial charge >= 0.3 is 0 Å². The van der Waals surface area contributed by atoms with Gasteiger partial charge < -0.3 is 4.74 Å². The summed E-state index contributed by atoms with van der Waals surface area (Å²) in [6.45, 7) is 4.24. The Balaban J connectivity index is 2.18. The monoisotopic (exact) mass is 281 g/mol. The average Bonchev–Trinajstić information content (AvgIpc) is 2.33. The van der Waals surface area contributed by atoms with E-state index < -0.39 is 0 Å². The number of ether oxygens (including phenoxy) is 1. The second-order valence-corrected chi connectivity index (χ2v) is 5.10. The largest absolute Gasteiger partial charge is 0.437 e. The molecule has 0 bridgehead atoms. The van der Waals surface area contributed by atoms with Gasteiger partial charge in [-0.25, -0.2) is 4.98 Å². The third-order valence-electron chi connectivity index (χ3n) is 2.53. The molecule has 0 unspecified atom stereocenters. The Kier molecular flexibility index (Phi) is 4.10. The molecule has 2 rings (SSSR count). The van der Waals surface area contributed by atoms with E-state index in [-0.39, 0.29) is 0 Å². The molecular formula is C14H13Cl2NO. The summed E-state index contributed by atoms with van der Waals surface area (Å²) in [6.07, 6.45) is 1.81. The maximum Gasteiger partial charge on any atom is 0.219 e. The molecule has 0 aliphatic rings. The van der Waals surface area contributed by atoms with Crippen LogP contribution in [0.5, 0.6) is 11.6 Å². The minimum absolute atomic E-state index is 0.450. The number of hydrogen-bond acceptors (Lipinski definition) is 2. The van der Waals surface area contributed by atoms with Crippen molar-refractivity contribution in [3.8, 4) is 11.6 Å². The van der Waals surface area contributed by atoms with Crippen LogP contribution in [0.15, 0.2) is 36.5 Å². The summed E-state index contributed by atoms with van der Waals surface area (Å²) in [5.74, 6) is 1.51. The molecule has 4 heteroatoms. The van der Waals surface area contributed by atoms with Crippen molar-refractivity contribution in [3.05, 3.63) is 52.1 Å². The van der Waals surface area contributed by atoms with E-state index in [2.05, 4.69) is 18.8 Å². The smallest absolute Gasteiger partial charge is 0.219 e. The SMILES string of the molecule is CC(C)c1ccc(Oc2ccc(Cl)cc2Cl)nc1. The van der Waals surface area contributed by atoms with E-state index >= 15 is 0 Å². The second kappa shape index (κ2) is 5.59. The van der Waals surface area contributed by atoms with E-state index in [1.807, 2.05) is 18.3 Å². The summed E-state index contributed by atoms with van der Waals surface area (Å²) in [5, 5.41) is 1.05. The van der Waals surface area contributed by atoms with Gasteiger partial charge in [0, 0.05) is 17.3 Å². The number of halogens is 2. The fraction of sp³-hybridized carbons (Fsp3) is 0.214. The average molecular weight is 282 g/mol. The van der Waals surface area contributed by atoms with Gasteiger partial charge in [0.1, 0.15) is 5.75 Å². The van der Waals surface area contributed by atoms with Crippen LogP contribution < -0.4 is 4.74 Å². The predicted octanol–water partition coefficient (Wildman–Crippen LogP) is 5.30. The van der Waals surface area contributed by atoms with Crippen LogP contribution in [0.3, 0.4) is 0 Å². The maximum absolute atomic E-state index is 6.02. The van der Waals surface area contributed by atoms with Gasteiger partial charge in [0.05, 0.1) is 5.02 Å². The first-order chi connectivity index (χ1) is 8.56. The first-order valence-electron chi connectivity index (χ1n) is 5.65. The molecule has 2 aromatic rings. The number of rotatable bonds is 3. The molecule has 1 aromatic carbocycles. The zero-order valence-electron chi connectivity index (χ0n) is 10.2. The van der Waals surface area contributed by atoms with Gasteiger partial charge in [-0.3, -0.25) is 0 Å². The van der Waals surface area contributed by atoms with Crippen molar-refractivity contribution < 1.29 is 4.74 Å². The normalized spacial score (nSPS) is 10.7. The van der Waals surface area contributed by atoms with Crippen LogP contribution in [0, 0.1) is 0 Å².